The predicted octanol–water partition coefficient (Wildman–Crippen LogP) is 6.29. The summed E-state index contributed by atoms with van der Waals surface area (Å²) in [6.45, 7) is 0.371. The minimum absolute atomic E-state index is 0.0864. The van der Waals surface area contributed by atoms with Crippen molar-refractivity contribution >= 4 is 17.3 Å². The van der Waals surface area contributed by atoms with Crippen LogP contribution >= 0.6 is 0 Å². The Morgan fingerprint density at radius 3 is 2.51 bits per heavy atom. The third-order valence-electron chi connectivity index (χ3n) is 7.95. The van der Waals surface area contributed by atoms with Crippen molar-refractivity contribution in [1.82, 2.24) is 14.3 Å². The van der Waals surface area contributed by atoms with Crippen LogP contribution in [0.5, 0.6) is 0 Å². The van der Waals surface area contributed by atoms with Gasteiger partial charge < -0.3 is 9.14 Å². The SMILES string of the molecule is O=C(OCC1c2ccccc2-c2ccccc21)N1C2C=C(c3ccn4ccnc4c3)CC1CCC2. The molecular weight excluding hydrogens is 434 g/mol. The molecule has 1 fully saturated rings. The second-order valence-corrected chi connectivity index (χ2v) is 9.87. The van der Waals surface area contributed by atoms with Crippen LogP contribution in [0, 0.1) is 0 Å². The van der Waals surface area contributed by atoms with Gasteiger partial charge in [-0.1, -0.05) is 54.6 Å². The quantitative estimate of drug-likeness (QED) is 0.360. The highest BCUT2D eigenvalue weighted by Crippen LogP contribution is 2.45. The second-order valence-electron chi connectivity index (χ2n) is 9.87. The van der Waals surface area contributed by atoms with E-state index in [1.165, 1.54) is 33.4 Å². The van der Waals surface area contributed by atoms with E-state index < -0.39 is 0 Å². The molecule has 0 N–H and O–H groups in total. The van der Waals surface area contributed by atoms with Crippen LogP contribution in [-0.4, -0.2) is 39.1 Å². The van der Waals surface area contributed by atoms with Crippen molar-refractivity contribution in [1.29, 1.82) is 0 Å². The first-order chi connectivity index (χ1) is 17.3. The van der Waals surface area contributed by atoms with E-state index in [1.807, 2.05) is 21.7 Å². The number of nitrogens with zero attached hydrogens (tertiary/aromatic N) is 3. The van der Waals surface area contributed by atoms with Crippen LogP contribution in [0.25, 0.3) is 22.3 Å². The molecule has 5 heteroatoms. The number of benzene rings is 2. The Morgan fingerprint density at radius 2 is 1.74 bits per heavy atom. The van der Waals surface area contributed by atoms with Crippen molar-refractivity contribution in [3.05, 3.63) is 102 Å². The largest absolute Gasteiger partial charge is 0.448 e. The number of rotatable bonds is 3. The average molecular weight is 462 g/mol. The maximum absolute atomic E-state index is 13.4. The Labute approximate surface area is 204 Å². The molecule has 7 rings (SSSR count). The number of pyridine rings is 1. The van der Waals surface area contributed by atoms with Crippen molar-refractivity contribution in [2.75, 3.05) is 6.61 Å². The Hall–Kier alpha value is -3.86. The normalized spacial score (nSPS) is 20.9. The smallest absolute Gasteiger partial charge is 0.410 e. The van der Waals surface area contributed by atoms with Crippen LogP contribution in [-0.2, 0) is 4.74 Å². The predicted molar refractivity (Wildman–Crippen MR) is 136 cm³/mol. The Balaban J connectivity index is 1.12. The number of imidazole rings is 1. The van der Waals surface area contributed by atoms with Gasteiger partial charge in [0.2, 0.25) is 0 Å². The zero-order chi connectivity index (χ0) is 23.4. The molecule has 2 atom stereocenters. The highest BCUT2D eigenvalue weighted by atomic mass is 16.6. The summed E-state index contributed by atoms with van der Waals surface area (Å²) in [6.07, 6.45) is 11.9. The molecule has 4 heterocycles. The van der Waals surface area contributed by atoms with Gasteiger partial charge in [0.25, 0.3) is 0 Å². The van der Waals surface area contributed by atoms with Crippen LogP contribution in [0.2, 0.25) is 0 Å². The lowest BCUT2D eigenvalue weighted by atomic mass is 9.83. The number of carbonyl (C=O) groups excluding carboxylic acids is 1. The summed E-state index contributed by atoms with van der Waals surface area (Å²) in [7, 11) is 0. The van der Waals surface area contributed by atoms with Gasteiger partial charge in [-0.25, -0.2) is 9.78 Å². The van der Waals surface area contributed by atoms with Crippen LogP contribution in [0.4, 0.5) is 4.79 Å². The van der Waals surface area contributed by atoms with Crippen molar-refractivity contribution in [3.63, 3.8) is 0 Å². The molecule has 1 saturated heterocycles. The van der Waals surface area contributed by atoms with Crippen molar-refractivity contribution in [3.8, 4) is 11.1 Å². The lowest BCUT2D eigenvalue weighted by Gasteiger charge is -2.44. The molecule has 2 aliphatic heterocycles. The Morgan fingerprint density at radius 1 is 0.971 bits per heavy atom. The fourth-order valence-corrected chi connectivity index (χ4v) is 6.31. The number of hydrogen-bond donors (Lipinski definition) is 0. The third kappa shape index (κ3) is 3.37. The number of aromatic nitrogens is 2. The standard InChI is InChI=1S/C30H27N3O2/c34-30(35-19-28-26-10-3-1-8-24(26)25-9-2-4-11-27(25)28)33-22-6-5-7-23(33)17-21(16-22)20-12-14-32-15-13-31-29(32)18-20/h1-4,8-16,18,22-23,28H,5-7,17,19H2. The summed E-state index contributed by atoms with van der Waals surface area (Å²) in [5.74, 6) is 0.0864. The van der Waals surface area contributed by atoms with Crippen LogP contribution < -0.4 is 0 Å². The molecule has 174 valence electrons. The minimum atomic E-state index is -0.180. The summed E-state index contributed by atoms with van der Waals surface area (Å²) in [6, 6.07) is 21.5. The first kappa shape index (κ1) is 20.5. The van der Waals surface area contributed by atoms with Crippen molar-refractivity contribution in [2.24, 2.45) is 0 Å². The summed E-state index contributed by atoms with van der Waals surface area (Å²) < 4.78 is 8.07. The zero-order valence-corrected chi connectivity index (χ0v) is 19.5. The number of ether oxygens (including phenoxy) is 1. The zero-order valence-electron chi connectivity index (χ0n) is 19.5. The van der Waals surface area contributed by atoms with Crippen molar-refractivity contribution < 1.29 is 9.53 Å². The summed E-state index contributed by atoms with van der Waals surface area (Å²) in [5.41, 5.74) is 8.46. The maximum Gasteiger partial charge on any atom is 0.410 e. The fourth-order valence-electron chi connectivity index (χ4n) is 6.31. The first-order valence-electron chi connectivity index (χ1n) is 12.5. The fraction of sp³-hybridized carbons (Fsp3) is 0.267. The molecule has 2 aromatic heterocycles. The summed E-state index contributed by atoms with van der Waals surface area (Å²) in [5, 5.41) is 0. The highest BCUT2D eigenvalue weighted by molar-refractivity contribution is 5.79. The average Bonchev–Trinajstić information content (AvgIpc) is 3.48. The van der Waals surface area contributed by atoms with Crippen LogP contribution in [0.3, 0.4) is 0 Å². The van der Waals surface area contributed by atoms with Crippen molar-refractivity contribution in [2.45, 2.75) is 43.7 Å². The molecule has 35 heavy (non-hydrogen) atoms. The lowest BCUT2D eigenvalue weighted by Crippen LogP contribution is -2.51. The van der Waals surface area contributed by atoms with Gasteiger partial charge in [0, 0.05) is 30.6 Å². The number of amides is 1. The second kappa shape index (κ2) is 8.12. The molecule has 0 spiro atoms. The molecule has 1 amide bonds. The van der Waals surface area contributed by atoms with Gasteiger partial charge >= 0.3 is 6.09 Å². The maximum atomic E-state index is 13.4. The molecule has 5 nitrogen and oxygen atoms in total. The van der Waals surface area contributed by atoms with Crippen LogP contribution in [0.15, 0.2) is 85.3 Å². The third-order valence-corrected chi connectivity index (χ3v) is 7.95. The highest BCUT2D eigenvalue weighted by Gasteiger charge is 2.39. The summed E-state index contributed by atoms with van der Waals surface area (Å²) >= 11 is 0. The Kier molecular flexibility index (Phi) is 4.76. The van der Waals surface area contributed by atoms with Gasteiger partial charge in [-0.05, 0) is 71.2 Å². The molecule has 2 unspecified atom stereocenters. The van der Waals surface area contributed by atoms with Gasteiger partial charge in [0.05, 0.1) is 6.04 Å². The van der Waals surface area contributed by atoms with E-state index in [9.17, 15) is 4.79 Å². The van der Waals surface area contributed by atoms with Gasteiger partial charge in [-0.2, -0.15) is 0 Å². The van der Waals surface area contributed by atoms with Crippen LogP contribution in [0.1, 0.15) is 48.3 Å². The number of piperidine rings is 1. The van der Waals surface area contributed by atoms with Gasteiger partial charge in [0.15, 0.2) is 0 Å². The number of carbonyl (C=O) groups is 1. The first-order valence-corrected chi connectivity index (χ1v) is 12.5. The monoisotopic (exact) mass is 461 g/mol. The molecule has 0 radical (unpaired) electrons. The van der Waals surface area contributed by atoms with Gasteiger partial charge in [-0.15, -0.1) is 0 Å². The molecule has 1 aliphatic carbocycles. The topological polar surface area (TPSA) is 46.8 Å². The van der Waals surface area contributed by atoms with E-state index in [2.05, 4.69) is 77.9 Å². The lowest BCUT2D eigenvalue weighted by molar-refractivity contribution is 0.0539. The van der Waals surface area contributed by atoms with E-state index in [4.69, 9.17) is 4.74 Å². The molecule has 2 bridgehead atoms. The van der Waals surface area contributed by atoms with E-state index in [0.29, 0.717) is 6.61 Å². The summed E-state index contributed by atoms with van der Waals surface area (Å²) in [4.78, 5) is 19.9. The molecule has 2 aromatic carbocycles. The number of hydrogen-bond acceptors (Lipinski definition) is 3. The van der Waals surface area contributed by atoms with E-state index in [-0.39, 0.29) is 24.1 Å². The Bertz CT molecular complexity index is 1420. The molecule has 3 aliphatic rings. The molecular formula is C30H27N3O2. The minimum Gasteiger partial charge on any atom is -0.448 e. The molecule has 4 aromatic rings. The van der Waals surface area contributed by atoms with E-state index in [0.717, 1.165) is 31.3 Å². The number of fused-ring (bicyclic) bond motifs is 6. The van der Waals surface area contributed by atoms with Gasteiger partial charge in [0.1, 0.15) is 12.3 Å². The van der Waals surface area contributed by atoms with E-state index >= 15 is 0 Å². The van der Waals surface area contributed by atoms with E-state index in [1.54, 1.807) is 0 Å². The molecule has 0 saturated carbocycles. The van der Waals surface area contributed by atoms with Gasteiger partial charge in [-0.3, -0.25) is 4.90 Å².